The molecule has 0 N–H and O–H groups in total. The van der Waals surface area contributed by atoms with Crippen LogP contribution in [0.25, 0.3) is 72.9 Å². The molecule has 1 aliphatic carbocycles. The van der Waals surface area contributed by atoms with Crippen LogP contribution in [0.3, 0.4) is 0 Å². The normalized spacial score (nSPS) is 13.2. The quantitative estimate of drug-likeness (QED) is 0.204. The summed E-state index contributed by atoms with van der Waals surface area (Å²) in [4.78, 5) is 20.1. The van der Waals surface area contributed by atoms with E-state index in [1.165, 1.54) is 27.6 Å². The predicted octanol–water partition coefficient (Wildman–Crippen LogP) is 9.67. The van der Waals surface area contributed by atoms with Crippen LogP contribution >= 0.6 is 0 Å². The Balaban J connectivity index is 1.31. The maximum absolute atomic E-state index is 5.12. The fourth-order valence-electron chi connectivity index (χ4n) is 7.25. The van der Waals surface area contributed by atoms with E-state index >= 15 is 0 Å². The Morgan fingerprint density at radius 3 is 1.87 bits per heavy atom. The van der Waals surface area contributed by atoms with Crippen LogP contribution in [0.4, 0.5) is 0 Å². The van der Waals surface area contributed by atoms with E-state index in [4.69, 9.17) is 19.9 Å². The molecule has 1 aliphatic rings. The van der Waals surface area contributed by atoms with Crippen molar-refractivity contribution in [2.24, 2.45) is 0 Å². The van der Waals surface area contributed by atoms with Gasteiger partial charge in [0.15, 0.2) is 17.5 Å². The third-order valence-electron chi connectivity index (χ3n) is 9.29. The summed E-state index contributed by atoms with van der Waals surface area (Å²) in [6, 6.07) is 46.3. The van der Waals surface area contributed by atoms with Crippen molar-refractivity contribution in [1.82, 2.24) is 24.5 Å². The Morgan fingerprint density at radius 1 is 0.522 bits per heavy atom. The molecule has 3 aromatic heterocycles. The van der Waals surface area contributed by atoms with E-state index < -0.39 is 0 Å². The number of hydrogen-bond acceptors (Lipinski definition) is 4. The molecule has 0 spiro atoms. The van der Waals surface area contributed by atoms with Gasteiger partial charge in [0.2, 0.25) is 0 Å². The standard InChI is InChI=1S/C41H29N5/c1-41(2)32-22-12-24-34(46-33-23-10-9-18-28(33)29-21-13-25-42-40(29)46)35(32)30-19-11-20-31(36(30)41)39-44-37(26-14-5-3-6-15-26)43-38(45-39)27-16-7-4-8-17-27/h3-25H,1-2H3. The zero-order valence-corrected chi connectivity index (χ0v) is 25.5. The first-order chi connectivity index (χ1) is 22.6. The number of benzene rings is 5. The largest absolute Gasteiger partial charge is 0.293 e. The van der Waals surface area contributed by atoms with Crippen LogP contribution in [0.2, 0.25) is 0 Å². The summed E-state index contributed by atoms with van der Waals surface area (Å²) in [5, 5.41) is 2.34. The smallest absolute Gasteiger partial charge is 0.164 e. The molecule has 9 rings (SSSR count). The summed E-state index contributed by atoms with van der Waals surface area (Å²) in [5.74, 6) is 1.99. The van der Waals surface area contributed by atoms with E-state index in [2.05, 4.69) is 109 Å². The second-order valence-electron chi connectivity index (χ2n) is 12.3. The first-order valence-corrected chi connectivity index (χ1v) is 15.6. The Bertz CT molecular complexity index is 2330. The summed E-state index contributed by atoms with van der Waals surface area (Å²) in [6.07, 6.45) is 1.88. The summed E-state index contributed by atoms with van der Waals surface area (Å²) >= 11 is 0. The maximum atomic E-state index is 5.12. The highest BCUT2D eigenvalue weighted by Crippen LogP contribution is 2.54. The van der Waals surface area contributed by atoms with E-state index in [9.17, 15) is 0 Å². The van der Waals surface area contributed by atoms with Gasteiger partial charge in [-0.15, -0.1) is 0 Å². The summed E-state index contributed by atoms with van der Waals surface area (Å²) in [7, 11) is 0. The Labute approximate surface area is 266 Å². The Hall–Kier alpha value is -5.94. The average molecular weight is 592 g/mol. The highest BCUT2D eigenvalue weighted by molar-refractivity contribution is 6.08. The molecule has 0 fully saturated rings. The number of fused-ring (bicyclic) bond motifs is 6. The maximum Gasteiger partial charge on any atom is 0.164 e. The molecule has 5 nitrogen and oxygen atoms in total. The van der Waals surface area contributed by atoms with Gasteiger partial charge < -0.3 is 0 Å². The second-order valence-corrected chi connectivity index (χ2v) is 12.3. The van der Waals surface area contributed by atoms with Crippen LogP contribution in [-0.2, 0) is 5.41 Å². The van der Waals surface area contributed by atoms with Gasteiger partial charge in [-0.1, -0.05) is 123 Å². The van der Waals surface area contributed by atoms with Gasteiger partial charge in [0.1, 0.15) is 5.65 Å². The molecule has 5 aromatic carbocycles. The first kappa shape index (κ1) is 26.5. The van der Waals surface area contributed by atoms with Crippen molar-refractivity contribution in [3.05, 3.63) is 151 Å². The minimum absolute atomic E-state index is 0.310. The lowest BCUT2D eigenvalue weighted by Gasteiger charge is -2.24. The zero-order chi connectivity index (χ0) is 30.8. The molecule has 0 bridgehead atoms. The Kier molecular flexibility index (Phi) is 5.78. The first-order valence-electron chi connectivity index (χ1n) is 15.6. The second kappa shape index (κ2) is 10.0. The molecular formula is C41H29N5. The fraction of sp³-hybridized carbons (Fsp3) is 0.0732. The number of aromatic nitrogens is 5. The lowest BCUT2D eigenvalue weighted by atomic mass is 9.80. The van der Waals surface area contributed by atoms with Crippen LogP contribution in [0, 0.1) is 0 Å². The molecule has 8 aromatic rings. The predicted molar refractivity (Wildman–Crippen MR) is 186 cm³/mol. The lowest BCUT2D eigenvalue weighted by molar-refractivity contribution is 0.661. The minimum Gasteiger partial charge on any atom is -0.293 e. The SMILES string of the molecule is CC1(C)c2cccc(-n3c4ccccc4c4cccnc43)c2-c2cccc(-c3nc(-c4ccccc4)nc(-c4ccccc4)n3)c21. The monoisotopic (exact) mass is 591 g/mol. The van der Waals surface area contributed by atoms with E-state index in [0.29, 0.717) is 17.5 Å². The number of para-hydroxylation sites is 1. The molecule has 5 heteroatoms. The van der Waals surface area contributed by atoms with E-state index in [1.807, 2.05) is 48.7 Å². The van der Waals surface area contributed by atoms with Crippen LogP contribution in [0.15, 0.2) is 140 Å². The van der Waals surface area contributed by atoms with Crippen molar-refractivity contribution in [1.29, 1.82) is 0 Å². The molecule has 0 saturated carbocycles. The van der Waals surface area contributed by atoms with Crippen LogP contribution < -0.4 is 0 Å². The van der Waals surface area contributed by atoms with Crippen molar-refractivity contribution in [3.8, 4) is 51.0 Å². The van der Waals surface area contributed by atoms with E-state index in [-0.39, 0.29) is 5.41 Å². The molecule has 0 saturated heterocycles. The molecule has 0 aliphatic heterocycles. The highest BCUT2D eigenvalue weighted by Gasteiger charge is 2.40. The number of rotatable bonds is 4. The van der Waals surface area contributed by atoms with Gasteiger partial charge in [-0.05, 0) is 41.0 Å². The molecule has 0 unspecified atom stereocenters. The zero-order valence-electron chi connectivity index (χ0n) is 25.5. The van der Waals surface area contributed by atoms with Crippen molar-refractivity contribution < 1.29 is 0 Å². The van der Waals surface area contributed by atoms with Crippen molar-refractivity contribution in [3.63, 3.8) is 0 Å². The van der Waals surface area contributed by atoms with E-state index in [0.717, 1.165) is 38.9 Å². The van der Waals surface area contributed by atoms with E-state index in [1.54, 1.807) is 0 Å². The van der Waals surface area contributed by atoms with Gasteiger partial charge >= 0.3 is 0 Å². The molecule has 0 amide bonds. The lowest BCUT2D eigenvalue weighted by Crippen LogP contribution is -2.17. The van der Waals surface area contributed by atoms with Gasteiger partial charge in [-0.25, -0.2) is 19.9 Å². The minimum atomic E-state index is -0.310. The van der Waals surface area contributed by atoms with Crippen molar-refractivity contribution in [2.75, 3.05) is 0 Å². The van der Waals surface area contributed by atoms with Crippen LogP contribution in [-0.4, -0.2) is 24.5 Å². The summed E-state index contributed by atoms with van der Waals surface area (Å²) in [5.41, 5.74) is 10.7. The molecular weight excluding hydrogens is 562 g/mol. The molecule has 46 heavy (non-hydrogen) atoms. The molecule has 0 atom stereocenters. The summed E-state index contributed by atoms with van der Waals surface area (Å²) < 4.78 is 2.32. The topological polar surface area (TPSA) is 56.5 Å². The van der Waals surface area contributed by atoms with Crippen LogP contribution in [0.5, 0.6) is 0 Å². The molecule has 218 valence electrons. The third kappa shape index (κ3) is 3.88. The summed E-state index contributed by atoms with van der Waals surface area (Å²) in [6.45, 7) is 4.62. The van der Waals surface area contributed by atoms with Crippen LogP contribution in [0.1, 0.15) is 25.0 Å². The van der Waals surface area contributed by atoms with Gasteiger partial charge in [-0.2, -0.15) is 0 Å². The highest BCUT2D eigenvalue weighted by atomic mass is 15.1. The van der Waals surface area contributed by atoms with Gasteiger partial charge in [0.25, 0.3) is 0 Å². The fourth-order valence-corrected chi connectivity index (χ4v) is 7.25. The Morgan fingerprint density at radius 2 is 1.13 bits per heavy atom. The van der Waals surface area contributed by atoms with Crippen molar-refractivity contribution in [2.45, 2.75) is 19.3 Å². The molecule has 3 heterocycles. The number of hydrogen-bond donors (Lipinski definition) is 0. The average Bonchev–Trinajstić information content (AvgIpc) is 3.58. The van der Waals surface area contributed by atoms with Gasteiger partial charge in [-0.3, -0.25) is 4.57 Å². The van der Waals surface area contributed by atoms with Gasteiger partial charge in [0.05, 0.1) is 11.2 Å². The third-order valence-corrected chi connectivity index (χ3v) is 9.29. The molecule has 0 radical (unpaired) electrons. The van der Waals surface area contributed by atoms with Gasteiger partial charge in [0, 0.05) is 44.6 Å². The number of pyridine rings is 1. The van der Waals surface area contributed by atoms with Crippen molar-refractivity contribution >= 4 is 21.9 Å². The number of nitrogens with zero attached hydrogens (tertiary/aromatic N) is 5.